The molecule has 15 heteroatoms. The van der Waals surface area contributed by atoms with E-state index >= 15 is 0 Å². The predicted molar refractivity (Wildman–Crippen MR) is 164 cm³/mol. The number of benzene rings is 1. The van der Waals surface area contributed by atoms with E-state index in [-0.39, 0.29) is 18.3 Å². The quantitative estimate of drug-likeness (QED) is 0.118. The van der Waals surface area contributed by atoms with Gasteiger partial charge in [0.25, 0.3) is 0 Å². The average Bonchev–Trinajstić information content (AvgIpc) is 2.96. The Morgan fingerprint density at radius 1 is 1.00 bits per heavy atom. The number of halogens is 3. The van der Waals surface area contributed by atoms with Crippen LogP contribution >= 0.6 is 8.38 Å². The van der Waals surface area contributed by atoms with Gasteiger partial charge in [-0.15, -0.1) is 0 Å². The molecule has 0 amide bonds. The minimum absolute atomic E-state index is 0.0454. The van der Waals surface area contributed by atoms with E-state index in [4.69, 9.17) is 9.05 Å². The Labute approximate surface area is 252 Å². The number of alkyl halides is 3. The van der Waals surface area contributed by atoms with E-state index in [1.54, 1.807) is 24.3 Å². The Kier molecular flexibility index (Phi) is 12.9. The Balaban J connectivity index is 1.75. The molecule has 236 valence electrons. The maximum Gasteiger partial charge on any atom is 0.421 e. The summed E-state index contributed by atoms with van der Waals surface area (Å²) in [5, 5.41) is 5.63. The first-order valence-electron chi connectivity index (χ1n) is 13.9. The molecule has 0 saturated carbocycles. The molecule has 10 nitrogen and oxygen atoms in total. The number of nitrogens with one attached hydrogen (secondary N) is 2. The van der Waals surface area contributed by atoms with Crippen LogP contribution in [0.15, 0.2) is 48.8 Å². The summed E-state index contributed by atoms with van der Waals surface area (Å²) in [5.41, 5.74) is 0.896. The SMILES string of the molecule is CCCCOP(Cc1ccc(Nc2ncc(C(F)(F)F)c(NCc3cccnc3N(C)S(C)(=O)=O)n2)cc1)OCCCC. The maximum atomic E-state index is 13.8. The second-order valence-electron chi connectivity index (χ2n) is 9.71. The first-order valence-corrected chi connectivity index (χ1v) is 17.1. The van der Waals surface area contributed by atoms with E-state index in [1.165, 1.54) is 13.2 Å². The van der Waals surface area contributed by atoms with Crippen LogP contribution in [0.1, 0.15) is 56.2 Å². The second-order valence-corrected chi connectivity index (χ2v) is 13.2. The second kappa shape index (κ2) is 16.1. The van der Waals surface area contributed by atoms with Crippen LogP contribution in [0.2, 0.25) is 0 Å². The van der Waals surface area contributed by atoms with Crippen molar-refractivity contribution in [1.29, 1.82) is 0 Å². The van der Waals surface area contributed by atoms with Gasteiger partial charge >= 0.3 is 6.18 Å². The van der Waals surface area contributed by atoms with E-state index in [2.05, 4.69) is 39.4 Å². The Morgan fingerprint density at radius 3 is 2.23 bits per heavy atom. The summed E-state index contributed by atoms with van der Waals surface area (Å²) >= 11 is 0. The first kappa shape index (κ1) is 34.4. The fourth-order valence-corrected chi connectivity index (χ4v) is 5.60. The number of rotatable bonds is 17. The molecule has 0 fully saturated rings. The van der Waals surface area contributed by atoms with Gasteiger partial charge in [-0.2, -0.15) is 18.2 Å². The highest BCUT2D eigenvalue weighted by Gasteiger charge is 2.35. The zero-order valence-corrected chi connectivity index (χ0v) is 26.4. The predicted octanol–water partition coefficient (Wildman–Crippen LogP) is 7.09. The van der Waals surface area contributed by atoms with Crippen molar-refractivity contribution in [2.24, 2.45) is 0 Å². The van der Waals surface area contributed by atoms with Gasteiger partial charge in [-0.25, -0.2) is 18.4 Å². The summed E-state index contributed by atoms with van der Waals surface area (Å²) in [6, 6.07) is 10.5. The molecule has 0 aliphatic carbocycles. The number of aromatic nitrogens is 3. The van der Waals surface area contributed by atoms with E-state index in [0.717, 1.165) is 41.8 Å². The molecule has 0 unspecified atom stereocenters. The molecule has 0 saturated heterocycles. The molecule has 0 bridgehead atoms. The Morgan fingerprint density at radius 2 is 1.65 bits per heavy atom. The summed E-state index contributed by atoms with van der Waals surface area (Å²) in [5.74, 6) is -0.415. The van der Waals surface area contributed by atoms with Crippen LogP contribution in [0.3, 0.4) is 0 Å². The van der Waals surface area contributed by atoms with Gasteiger partial charge in [-0.3, -0.25) is 4.31 Å². The van der Waals surface area contributed by atoms with Gasteiger partial charge in [0.15, 0.2) is 8.38 Å². The lowest BCUT2D eigenvalue weighted by Gasteiger charge is -2.20. The third kappa shape index (κ3) is 10.9. The molecule has 0 spiro atoms. The van der Waals surface area contributed by atoms with Crippen LogP contribution in [-0.4, -0.2) is 49.9 Å². The molecule has 3 aromatic rings. The number of hydrogen-bond donors (Lipinski definition) is 2. The number of nitrogens with zero attached hydrogens (tertiary/aromatic N) is 4. The number of pyridine rings is 1. The lowest BCUT2D eigenvalue weighted by molar-refractivity contribution is -0.137. The number of hydrogen-bond acceptors (Lipinski definition) is 9. The molecule has 0 aliphatic rings. The molecular weight excluding hydrogens is 604 g/mol. The standard InChI is InChI=1S/C28H38F3N6O4PS/c1-5-7-16-40-42(41-17-8-6-2)20-21-11-13-23(14-12-21)35-27-34-19-24(28(29,30)31)25(36-27)33-18-22-10-9-15-32-26(22)37(3)43(4,38)39/h9-15,19H,5-8,16-18,20H2,1-4H3,(H2,33,34,35,36). The van der Waals surface area contributed by atoms with Crippen molar-refractivity contribution in [1.82, 2.24) is 15.0 Å². The summed E-state index contributed by atoms with van der Waals surface area (Å²) in [4.78, 5) is 12.0. The molecular formula is C28H38F3N6O4PS. The van der Waals surface area contributed by atoms with Crippen molar-refractivity contribution in [3.63, 3.8) is 0 Å². The van der Waals surface area contributed by atoms with Crippen molar-refractivity contribution < 1.29 is 30.6 Å². The topological polar surface area (TPSA) is 119 Å². The van der Waals surface area contributed by atoms with Crippen LogP contribution in [0.25, 0.3) is 0 Å². The van der Waals surface area contributed by atoms with Crippen molar-refractivity contribution in [3.8, 4) is 0 Å². The molecule has 1 aromatic carbocycles. The first-order chi connectivity index (χ1) is 20.4. The molecule has 0 radical (unpaired) electrons. The molecule has 2 heterocycles. The zero-order chi connectivity index (χ0) is 31.5. The molecule has 0 aliphatic heterocycles. The van der Waals surface area contributed by atoms with Crippen LogP contribution in [0.4, 0.5) is 36.4 Å². The molecule has 0 atom stereocenters. The number of anilines is 4. The summed E-state index contributed by atoms with van der Waals surface area (Å²) in [6.45, 7) is 5.33. The maximum absolute atomic E-state index is 13.8. The smallest absolute Gasteiger partial charge is 0.365 e. The van der Waals surface area contributed by atoms with Crippen LogP contribution in [0.5, 0.6) is 0 Å². The fourth-order valence-electron chi connectivity index (χ4n) is 3.69. The monoisotopic (exact) mass is 642 g/mol. The Bertz CT molecular complexity index is 1400. The van der Waals surface area contributed by atoms with Crippen molar-refractivity contribution in [2.45, 2.75) is 58.4 Å². The highest BCUT2D eigenvalue weighted by Crippen LogP contribution is 2.43. The molecule has 43 heavy (non-hydrogen) atoms. The third-order valence-electron chi connectivity index (χ3n) is 6.19. The van der Waals surface area contributed by atoms with Gasteiger partial charge in [0, 0.05) is 43.4 Å². The normalized spacial score (nSPS) is 12.0. The van der Waals surface area contributed by atoms with Crippen molar-refractivity contribution in [2.75, 3.05) is 41.5 Å². The van der Waals surface area contributed by atoms with E-state index in [0.29, 0.717) is 36.8 Å². The lowest BCUT2D eigenvalue weighted by Crippen LogP contribution is -2.27. The summed E-state index contributed by atoms with van der Waals surface area (Å²) in [6.07, 6.45) is 3.01. The molecule has 2 N–H and O–H groups in total. The van der Waals surface area contributed by atoms with Gasteiger partial charge < -0.3 is 19.7 Å². The fraction of sp³-hybridized carbons (Fsp3) is 0.464. The molecule has 2 aromatic heterocycles. The van der Waals surface area contributed by atoms with Crippen LogP contribution in [-0.2, 0) is 38.0 Å². The third-order valence-corrected chi connectivity index (χ3v) is 8.92. The zero-order valence-electron chi connectivity index (χ0n) is 24.7. The Hall–Kier alpha value is -3.06. The van der Waals surface area contributed by atoms with E-state index < -0.39 is 36.0 Å². The van der Waals surface area contributed by atoms with Crippen molar-refractivity contribution in [3.05, 3.63) is 65.5 Å². The van der Waals surface area contributed by atoms with Gasteiger partial charge in [0.1, 0.15) is 17.2 Å². The minimum atomic E-state index is -4.72. The van der Waals surface area contributed by atoms with E-state index in [1.807, 2.05) is 12.1 Å². The largest absolute Gasteiger partial charge is 0.421 e. The lowest BCUT2D eigenvalue weighted by atomic mass is 10.2. The van der Waals surface area contributed by atoms with Crippen molar-refractivity contribution >= 4 is 41.7 Å². The summed E-state index contributed by atoms with van der Waals surface area (Å²) in [7, 11) is -3.40. The average molecular weight is 643 g/mol. The van der Waals surface area contributed by atoms with Gasteiger partial charge in [-0.1, -0.05) is 44.9 Å². The molecule has 3 rings (SSSR count). The number of sulfonamides is 1. The van der Waals surface area contributed by atoms with Gasteiger partial charge in [0.05, 0.1) is 19.5 Å². The van der Waals surface area contributed by atoms with Crippen LogP contribution in [0, 0.1) is 0 Å². The summed E-state index contributed by atoms with van der Waals surface area (Å²) < 4.78 is 78.3. The van der Waals surface area contributed by atoms with Gasteiger partial charge in [0.2, 0.25) is 16.0 Å². The highest BCUT2D eigenvalue weighted by molar-refractivity contribution is 7.92. The van der Waals surface area contributed by atoms with Crippen LogP contribution < -0.4 is 14.9 Å². The number of unbranched alkanes of at least 4 members (excludes halogenated alkanes) is 2. The van der Waals surface area contributed by atoms with Gasteiger partial charge in [-0.05, 0) is 36.6 Å². The minimum Gasteiger partial charge on any atom is -0.365 e. The van der Waals surface area contributed by atoms with E-state index in [9.17, 15) is 21.6 Å². The highest BCUT2D eigenvalue weighted by atomic mass is 32.2.